The van der Waals surface area contributed by atoms with E-state index in [0.717, 1.165) is 18.9 Å². The van der Waals surface area contributed by atoms with Gasteiger partial charge in [-0.05, 0) is 17.5 Å². The lowest BCUT2D eigenvalue weighted by molar-refractivity contribution is 0.387. The third-order valence-electron chi connectivity index (χ3n) is 4.34. The maximum atomic E-state index is 4.98. The summed E-state index contributed by atoms with van der Waals surface area (Å²) >= 11 is 0. The second kappa shape index (κ2) is 9.52. The fraction of sp³-hybridized carbons (Fsp3) is 0.286. The van der Waals surface area contributed by atoms with E-state index in [9.17, 15) is 0 Å². The van der Waals surface area contributed by atoms with Gasteiger partial charge >= 0.3 is 0 Å². The fourth-order valence-electron chi connectivity index (χ4n) is 3.03. The number of aromatic nitrogens is 2. The van der Waals surface area contributed by atoms with Crippen LogP contribution in [-0.2, 0) is 6.54 Å². The molecule has 0 spiro atoms. The Morgan fingerprint density at radius 1 is 1.00 bits per heavy atom. The molecule has 0 atom stereocenters. The molecule has 3 rings (SSSR count). The minimum atomic E-state index is 0.331. The number of benzene rings is 2. The van der Waals surface area contributed by atoms with Gasteiger partial charge in [-0.2, -0.15) is 4.98 Å². The Hall–Kier alpha value is -3.15. The van der Waals surface area contributed by atoms with Crippen LogP contribution in [0.5, 0.6) is 0 Å². The molecule has 0 saturated carbocycles. The Balaban J connectivity index is 1.58. The van der Waals surface area contributed by atoms with Crippen LogP contribution in [0.15, 0.2) is 70.2 Å². The minimum absolute atomic E-state index is 0.331. The summed E-state index contributed by atoms with van der Waals surface area (Å²) in [5.41, 5.74) is 2.63. The van der Waals surface area contributed by atoms with Gasteiger partial charge < -0.3 is 15.2 Å². The standard InChI is InChI=1S/C21H25N5O/c1-16-25-20(26-27-16)15-24-21(22-2)23-14-13-19(17-9-5-3-6-10-17)18-11-7-4-8-12-18/h3-12,19H,13-15H2,1-2H3,(H2,22,23,24). The molecule has 1 heterocycles. The van der Waals surface area contributed by atoms with E-state index in [4.69, 9.17) is 4.52 Å². The highest BCUT2D eigenvalue weighted by molar-refractivity contribution is 5.79. The molecule has 0 aliphatic heterocycles. The van der Waals surface area contributed by atoms with E-state index in [1.165, 1.54) is 11.1 Å². The average molecular weight is 363 g/mol. The molecule has 0 radical (unpaired) electrons. The largest absolute Gasteiger partial charge is 0.356 e. The lowest BCUT2D eigenvalue weighted by atomic mass is 9.88. The van der Waals surface area contributed by atoms with Crippen LogP contribution in [0, 0.1) is 6.92 Å². The van der Waals surface area contributed by atoms with Crippen LogP contribution in [0.25, 0.3) is 0 Å². The van der Waals surface area contributed by atoms with Crippen LogP contribution < -0.4 is 10.6 Å². The summed E-state index contributed by atoms with van der Waals surface area (Å²) in [6.07, 6.45) is 0.954. The fourth-order valence-corrected chi connectivity index (χ4v) is 3.03. The third-order valence-corrected chi connectivity index (χ3v) is 4.34. The van der Waals surface area contributed by atoms with Gasteiger partial charge in [0.2, 0.25) is 5.89 Å². The van der Waals surface area contributed by atoms with Crippen molar-refractivity contribution in [2.45, 2.75) is 25.8 Å². The smallest absolute Gasteiger partial charge is 0.223 e. The molecule has 0 fully saturated rings. The van der Waals surface area contributed by atoms with E-state index >= 15 is 0 Å². The molecular weight excluding hydrogens is 338 g/mol. The molecule has 2 N–H and O–H groups in total. The Bertz CT molecular complexity index is 806. The molecule has 6 nitrogen and oxygen atoms in total. The van der Waals surface area contributed by atoms with E-state index in [2.05, 4.69) is 86.4 Å². The monoisotopic (exact) mass is 363 g/mol. The molecule has 0 amide bonds. The first kappa shape index (κ1) is 18.6. The molecule has 0 bridgehead atoms. The Morgan fingerprint density at radius 3 is 2.15 bits per heavy atom. The van der Waals surface area contributed by atoms with Crippen LogP contribution in [0.4, 0.5) is 0 Å². The first-order valence-electron chi connectivity index (χ1n) is 9.10. The van der Waals surface area contributed by atoms with Crippen molar-refractivity contribution >= 4 is 5.96 Å². The Kier molecular flexibility index (Phi) is 6.57. The second-order valence-electron chi connectivity index (χ2n) is 6.24. The van der Waals surface area contributed by atoms with Crippen molar-refractivity contribution in [3.63, 3.8) is 0 Å². The maximum absolute atomic E-state index is 4.98. The number of hydrogen-bond donors (Lipinski definition) is 2. The average Bonchev–Trinajstić information content (AvgIpc) is 3.14. The van der Waals surface area contributed by atoms with Crippen molar-refractivity contribution in [1.82, 2.24) is 20.8 Å². The number of nitrogens with one attached hydrogen (secondary N) is 2. The van der Waals surface area contributed by atoms with Crippen LogP contribution in [0.1, 0.15) is 35.2 Å². The van der Waals surface area contributed by atoms with Crippen LogP contribution in [-0.4, -0.2) is 29.7 Å². The number of aliphatic imine (C=N–C) groups is 1. The summed E-state index contributed by atoms with van der Waals surface area (Å²) < 4.78 is 4.98. The zero-order valence-electron chi connectivity index (χ0n) is 15.7. The predicted octanol–water partition coefficient (Wildman–Crippen LogP) is 3.27. The maximum Gasteiger partial charge on any atom is 0.223 e. The molecule has 27 heavy (non-hydrogen) atoms. The van der Waals surface area contributed by atoms with Gasteiger partial charge in [-0.3, -0.25) is 4.99 Å². The molecule has 0 aliphatic rings. The topological polar surface area (TPSA) is 75.3 Å². The highest BCUT2D eigenvalue weighted by atomic mass is 16.5. The number of hydrogen-bond acceptors (Lipinski definition) is 4. The number of rotatable bonds is 7. The van der Waals surface area contributed by atoms with Gasteiger partial charge in [0.1, 0.15) is 0 Å². The quantitative estimate of drug-likeness (QED) is 0.498. The van der Waals surface area contributed by atoms with E-state index in [1.807, 2.05) is 0 Å². The van der Waals surface area contributed by atoms with Crippen molar-refractivity contribution < 1.29 is 4.52 Å². The number of aryl methyl sites for hydroxylation is 1. The van der Waals surface area contributed by atoms with Gasteiger partial charge in [0.25, 0.3) is 0 Å². The summed E-state index contributed by atoms with van der Waals surface area (Å²) in [4.78, 5) is 8.44. The molecule has 0 aliphatic carbocycles. The van der Waals surface area contributed by atoms with E-state index in [1.54, 1.807) is 14.0 Å². The number of nitrogens with zero attached hydrogens (tertiary/aromatic N) is 3. The summed E-state index contributed by atoms with van der Waals surface area (Å²) in [7, 11) is 1.75. The molecule has 1 aromatic heterocycles. The van der Waals surface area contributed by atoms with Gasteiger partial charge in [-0.1, -0.05) is 65.8 Å². The Morgan fingerprint density at radius 2 is 1.63 bits per heavy atom. The first-order chi connectivity index (χ1) is 13.3. The highest BCUT2D eigenvalue weighted by Gasteiger charge is 2.14. The van der Waals surface area contributed by atoms with Crippen molar-refractivity contribution in [3.8, 4) is 0 Å². The molecule has 140 valence electrons. The SMILES string of the molecule is CN=C(NCCC(c1ccccc1)c1ccccc1)NCc1noc(C)n1. The summed E-state index contributed by atoms with van der Waals surface area (Å²) in [6, 6.07) is 21.2. The van der Waals surface area contributed by atoms with Crippen molar-refractivity contribution in [1.29, 1.82) is 0 Å². The van der Waals surface area contributed by atoms with E-state index < -0.39 is 0 Å². The van der Waals surface area contributed by atoms with Crippen LogP contribution >= 0.6 is 0 Å². The van der Waals surface area contributed by atoms with Crippen LogP contribution in [0.2, 0.25) is 0 Å². The first-order valence-corrected chi connectivity index (χ1v) is 9.10. The van der Waals surface area contributed by atoms with Gasteiger partial charge in [0.15, 0.2) is 11.8 Å². The van der Waals surface area contributed by atoms with Crippen molar-refractivity contribution in [2.24, 2.45) is 4.99 Å². The summed E-state index contributed by atoms with van der Waals surface area (Å²) in [6.45, 7) is 3.04. The minimum Gasteiger partial charge on any atom is -0.356 e. The molecule has 2 aromatic carbocycles. The van der Waals surface area contributed by atoms with Gasteiger partial charge in [0.05, 0.1) is 6.54 Å². The third kappa shape index (κ3) is 5.41. The van der Waals surface area contributed by atoms with Crippen molar-refractivity contribution in [3.05, 3.63) is 83.5 Å². The van der Waals surface area contributed by atoms with E-state index in [-0.39, 0.29) is 0 Å². The zero-order chi connectivity index (χ0) is 18.9. The zero-order valence-corrected chi connectivity index (χ0v) is 15.7. The number of guanidine groups is 1. The summed E-state index contributed by atoms with van der Waals surface area (Å²) in [5.74, 6) is 2.22. The van der Waals surface area contributed by atoms with Crippen LogP contribution in [0.3, 0.4) is 0 Å². The lowest BCUT2D eigenvalue weighted by Gasteiger charge is -2.19. The lowest BCUT2D eigenvalue weighted by Crippen LogP contribution is -2.38. The molecular formula is C21H25N5O. The normalized spacial score (nSPS) is 11.6. The van der Waals surface area contributed by atoms with Crippen molar-refractivity contribution in [2.75, 3.05) is 13.6 Å². The molecule has 6 heteroatoms. The molecule has 0 unspecified atom stereocenters. The van der Waals surface area contributed by atoms with Gasteiger partial charge in [0, 0.05) is 26.4 Å². The van der Waals surface area contributed by atoms with Gasteiger partial charge in [-0.15, -0.1) is 0 Å². The summed E-state index contributed by atoms with van der Waals surface area (Å²) in [5, 5.41) is 10.5. The second-order valence-corrected chi connectivity index (χ2v) is 6.24. The highest BCUT2D eigenvalue weighted by Crippen LogP contribution is 2.27. The Labute approximate surface area is 159 Å². The molecule has 3 aromatic rings. The predicted molar refractivity (Wildman–Crippen MR) is 107 cm³/mol. The van der Waals surface area contributed by atoms with Gasteiger partial charge in [-0.25, -0.2) is 0 Å². The molecule has 0 saturated heterocycles. The van der Waals surface area contributed by atoms with E-state index in [0.29, 0.717) is 24.2 Å².